The third-order valence-corrected chi connectivity index (χ3v) is 4.25. The Morgan fingerprint density at radius 3 is 2.40 bits per heavy atom. The predicted octanol–water partition coefficient (Wildman–Crippen LogP) is 5.47. The summed E-state index contributed by atoms with van der Waals surface area (Å²) in [5.74, 6) is -0.357. The fourth-order valence-electron chi connectivity index (χ4n) is 1.59. The first-order valence-electron chi connectivity index (χ1n) is 5.46. The van der Waals surface area contributed by atoms with Gasteiger partial charge in [-0.05, 0) is 62.5 Å². The van der Waals surface area contributed by atoms with Crippen molar-refractivity contribution in [2.24, 2.45) is 0 Å². The molecule has 2 aromatic rings. The summed E-state index contributed by atoms with van der Waals surface area (Å²) in [6, 6.07) is 5.23. The summed E-state index contributed by atoms with van der Waals surface area (Å²) >= 11 is 18.6. The third-order valence-electron chi connectivity index (χ3n) is 2.49. The van der Waals surface area contributed by atoms with Crippen molar-refractivity contribution < 1.29 is 4.79 Å². The van der Waals surface area contributed by atoms with Crippen LogP contribution in [0.25, 0.3) is 0 Å². The smallest absolute Gasteiger partial charge is 0.257 e. The molecule has 1 amide bonds. The van der Waals surface area contributed by atoms with Gasteiger partial charge in [-0.25, -0.2) is 4.98 Å². The lowest BCUT2D eigenvalue weighted by atomic mass is 10.2. The second kappa shape index (κ2) is 6.43. The Hall–Kier alpha value is -0.620. The quantitative estimate of drug-likeness (QED) is 0.631. The minimum absolute atomic E-state index is 0.210. The Balaban J connectivity index is 2.35. The molecule has 0 aliphatic carbocycles. The number of halogens is 4. The van der Waals surface area contributed by atoms with E-state index in [0.717, 1.165) is 14.5 Å². The van der Waals surface area contributed by atoms with Gasteiger partial charge in [-0.2, -0.15) is 0 Å². The van der Waals surface area contributed by atoms with E-state index in [-0.39, 0.29) is 21.6 Å². The van der Waals surface area contributed by atoms with Gasteiger partial charge in [-0.1, -0.05) is 23.2 Å². The molecule has 0 aliphatic rings. The minimum atomic E-state index is -0.357. The van der Waals surface area contributed by atoms with Crippen molar-refractivity contribution in [2.45, 2.75) is 6.92 Å². The van der Waals surface area contributed by atoms with Crippen LogP contribution in [-0.4, -0.2) is 10.9 Å². The fraction of sp³-hybridized carbons (Fsp3) is 0.0769. The monoisotopic (exact) mass is 436 g/mol. The fourth-order valence-corrected chi connectivity index (χ4v) is 3.55. The first-order valence-corrected chi connectivity index (χ1v) is 7.80. The van der Waals surface area contributed by atoms with Crippen LogP contribution in [0, 0.1) is 6.92 Å². The van der Waals surface area contributed by atoms with Crippen molar-refractivity contribution in [2.75, 3.05) is 5.32 Å². The van der Waals surface area contributed by atoms with Gasteiger partial charge in [0.25, 0.3) is 5.91 Å². The average molecular weight is 439 g/mol. The molecule has 0 atom stereocenters. The molecular weight excluding hydrogens is 431 g/mol. The van der Waals surface area contributed by atoms with E-state index in [1.807, 2.05) is 19.1 Å². The molecule has 3 nitrogen and oxygen atoms in total. The molecule has 0 saturated heterocycles. The molecule has 0 fully saturated rings. The van der Waals surface area contributed by atoms with Gasteiger partial charge in [0.1, 0.15) is 5.15 Å². The van der Waals surface area contributed by atoms with Gasteiger partial charge in [0.15, 0.2) is 0 Å². The molecule has 0 radical (unpaired) electrons. The molecule has 0 unspecified atom stereocenters. The highest BCUT2D eigenvalue weighted by atomic mass is 79.9. The number of aryl methyl sites for hydroxylation is 1. The summed E-state index contributed by atoms with van der Waals surface area (Å²) in [5, 5.41) is 3.24. The number of carbonyl (C=O) groups is 1. The number of amides is 1. The highest BCUT2D eigenvalue weighted by Crippen LogP contribution is 2.33. The molecule has 0 aliphatic heterocycles. The van der Waals surface area contributed by atoms with Gasteiger partial charge in [0, 0.05) is 15.1 Å². The lowest BCUT2D eigenvalue weighted by Gasteiger charge is -2.11. The van der Waals surface area contributed by atoms with Crippen LogP contribution in [0.3, 0.4) is 0 Å². The van der Waals surface area contributed by atoms with Crippen LogP contribution >= 0.6 is 55.1 Å². The van der Waals surface area contributed by atoms with Gasteiger partial charge in [-0.3, -0.25) is 4.79 Å². The van der Waals surface area contributed by atoms with E-state index in [0.29, 0.717) is 5.69 Å². The largest absolute Gasteiger partial charge is 0.320 e. The van der Waals surface area contributed by atoms with E-state index >= 15 is 0 Å². The summed E-state index contributed by atoms with van der Waals surface area (Å²) in [6.07, 6.45) is 1.35. The molecule has 0 spiro atoms. The number of carbonyl (C=O) groups excluding carboxylic acids is 1. The normalized spacial score (nSPS) is 10.4. The Bertz CT molecular complexity index is 669. The summed E-state index contributed by atoms with van der Waals surface area (Å²) in [7, 11) is 0. The van der Waals surface area contributed by atoms with Crippen molar-refractivity contribution in [1.82, 2.24) is 4.98 Å². The highest BCUT2D eigenvalue weighted by Gasteiger charge is 2.15. The third kappa shape index (κ3) is 3.52. The van der Waals surface area contributed by atoms with Gasteiger partial charge in [0.05, 0.1) is 16.3 Å². The maximum Gasteiger partial charge on any atom is 0.257 e. The standard InChI is InChI=1S/C13H8Br2Cl2N2O/c1-6-2-8(14)12(9(15)3-6)19-13(20)7-4-11(17)18-5-10(7)16/h2-5H,1H3,(H,19,20). The zero-order chi connectivity index (χ0) is 14.9. The maximum atomic E-state index is 12.3. The highest BCUT2D eigenvalue weighted by molar-refractivity contribution is 9.11. The predicted molar refractivity (Wildman–Crippen MR) is 88.8 cm³/mol. The number of rotatable bonds is 2. The Labute approximate surface area is 142 Å². The number of hydrogen-bond acceptors (Lipinski definition) is 2. The van der Waals surface area contributed by atoms with Crippen molar-refractivity contribution in [1.29, 1.82) is 0 Å². The van der Waals surface area contributed by atoms with Crippen LogP contribution in [0.4, 0.5) is 5.69 Å². The van der Waals surface area contributed by atoms with Crippen molar-refractivity contribution in [3.8, 4) is 0 Å². The topological polar surface area (TPSA) is 42.0 Å². The van der Waals surface area contributed by atoms with Gasteiger partial charge < -0.3 is 5.32 Å². The first kappa shape index (κ1) is 15.8. The summed E-state index contributed by atoms with van der Waals surface area (Å²) < 4.78 is 1.54. The molecule has 1 aromatic heterocycles. The second-order valence-electron chi connectivity index (χ2n) is 4.04. The maximum absolute atomic E-state index is 12.3. The number of benzene rings is 1. The zero-order valence-electron chi connectivity index (χ0n) is 10.2. The Morgan fingerprint density at radius 1 is 1.20 bits per heavy atom. The number of pyridine rings is 1. The van der Waals surface area contributed by atoms with E-state index < -0.39 is 0 Å². The molecular formula is C13H8Br2Cl2N2O. The van der Waals surface area contributed by atoms with E-state index in [4.69, 9.17) is 23.2 Å². The average Bonchev–Trinajstić information content (AvgIpc) is 2.36. The molecule has 0 bridgehead atoms. The molecule has 104 valence electrons. The Kier molecular flexibility index (Phi) is 5.07. The second-order valence-corrected chi connectivity index (χ2v) is 6.55. The summed E-state index contributed by atoms with van der Waals surface area (Å²) in [4.78, 5) is 16.1. The number of nitrogens with zero attached hydrogens (tertiary/aromatic N) is 1. The van der Waals surface area contributed by atoms with Crippen molar-refractivity contribution in [3.63, 3.8) is 0 Å². The molecule has 7 heteroatoms. The molecule has 2 rings (SSSR count). The molecule has 1 N–H and O–H groups in total. The van der Waals surface area contributed by atoms with E-state index in [2.05, 4.69) is 42.2 Å². The van der Waals surface area contributed by atoms with Crippen LogP contribution in [0.5, 0.6) is 0 Å². The SMILES string of the molecule is Cc1cc(Br)c(NC(=O)c2cc(Cl)ncc2Cl)c(Br)c1. The van der Waals surface area contributed by atoms with Crippen LogP contribution in [0.1, 0.15) is 15.9 Å². The first-order chi connectivity index (χ1) is 9.38. The number of hydrogen-bond donors (Lipinski definition) is 1. The lowest BCUT2D eigenvalue weighted by Crippen LogP contribution is -2.13. The van der Waals surface area contributed by atoms with Gasteiger partial charge >= 0.3 is 0 Å². The van der Waals surface area contributed by atoms with Gasteiger partial charge in [-0.15, -0.1) is 0 Å². The number of aromatic nitrogens is 1. The van der Waals surface area contributed by atoms with E-state index in [1.165, 1.54) is 12.3 Å². The van der Waals surface area contributed by atoms with E-state index in [9.17, 15) is 4.79 Å². The van der Waals surface area contributed by atoms with Gasteiger partial charge in [0.2, 0.25) is 0 Å². The van der Waals surface area contributed by atoms with Crippen LogP contribution < -0.4 is 5.32 Å². The van der Waals surface area contributed by atoms with E-state index in [1.54, 1.807) is 0 Å². The van der Waals surface area contributed by atoms with Crippen LogP contribution in [0.15, 0.2) is 33.3 Å². The van der Waals surface area contributed by atoms with Crippen LogP contribution in [-0.2, 0) is 0 Å². The Morgan fingerprint density at radius 2 is 1.80 bits per heavy atom. The van der Waals surface area contributed by atoms with Crippen molar-refractivity contribution >= 4 is 66.7 Å². The minimum Gasteiger partial charge on any atom is -0.320 e. The van der Waals surface area contributed by atoms with Crippen LogP contribution in [0.2, 0.25) is 10.2 Å². The molecule has 1 aromatic carbocycles. The number of anilines is 1. The van der Waals surface area contributed by atoms with Crippen molar-refractivity contribution in [3.05, 3.63) is 54.6 Å². The lowest BCUT2D eigenvalue weighted by molar-refractivity contribution is 0.102. The summed E-state index contributed by atoms with van der Waals surface area (Å²) in [5.41, 5.74) is 1.96. The molecule has 20 heavy (non-hydrogen) atoms. The molecule has 1 heterocycles. The summed E-state index contributed by atoms with van der Waals surface area (Å²) in [6.45, 7) is 1.96. The number of nitrogens with one attached hydrogen (secondary N) is 1. The molecule has 0 saturated carbocycles. The zero-order valence-corrected chi connectivity index (χ0v) is 14.9.